The molecule has 2 amide bonds. The summed E-state index contributed by atoms with van der Waals surface area (Å²) in [5, 5.41) is 3.26. The van der Waals surface area contributed by atoms with E-state index in [1.54, 1.807) is 18.2 Å². The lowest BCUT2D eigenvalue weighted by atomic mass is 10.1. The van der Waals surface area contributed by atoms with Gasteiger partial charge in [0.05, 0.1) is 5.69 Å². The molecule has 2 aromatic rings. The predicted molar refractivity (Wildman–Crippen MR) is 108 cm³/mol. The Bertz CT molecular complexity index is 872. The summed E-state index contributed by atoms with van der Waals surface area (Å²) < 4.78 is 5.36. The van der Waals surface area contributed by atoms with Crippen LogP contribution < -0.4 is 25.8 Å². The van der Waals surface area contributed by atoms with Crippen LogP contribution in [0.3, 0.4) is 0 Å². The molecule has 27 heavy (non-hydrogen) atoms. The van der Waals surface area contributed by atoms with E-state index in [-0.39, 0.29) is 24.2 Å². The SMILES string of the molecule is CCc1cccc(NC(=S)NNC(=O)CN2C(=O)COc3ccccc32)c1. The quantitative estimate of drug-likeness (QED) is 0.552. The van der Waals surface area contributed by atoms with Crippen molar-refractivity contribution in [2.75, 3.05) is 23.4 Å². The van der Waals surface area contributed by atoms with Gasteiger partial charge in [0, 0.05) is 5.69 Å². The van der Waals surface area contributed by atoms with Crippen LogP contribution in [0.4, 0.5) is 11.4 Å². The molecule has 0 aliphatic carbocycles. The Labute approximate surface area is 162 Å². The molecule has 0 atom stereocenters. The number of nitrogens with one attached hydrogen (secondary N) is 3. The molecule has 0 radical (unpaired) electrons. The zero-order chi connectivity index (χ0) is 19.2. The largest absolute Gasteiger partial charge is 0.482 e. The minimum absolute atomic E-state index is 0.0918. The van der Waals surface area contributed by atoms with Crippen LogP contribution in [0.2, 0.25) is 0 Å². The number of aryl methyl sites for hydroxylation is 1. The Kier molecular flexibility index (Phi) is 5.87. The number of carbonyl (C=O) groups excluding carboxylic acids is 2. The lowest BCUT2D eigenvalue weighted by Gasteiger charge is -2.28. The summed E-state index contributed by atoms with van der Waals surface area (Å²) in [4.78, 5) is 25.7. The van der Waals surface area contributed by atoms with Gasteiger partial charge in [-0.1, -0.05) is 31.2 Å². The number of thiocarbonyl (C=S) groups is 1. The van der Waals surface area contributed by atoms with Crippen molar-refractivity contribution in [2.45, 2.75) is 13.3 Å². The van der Waals surface area contributed by atoms with Crippen molar-refractivity contribution in [1.82, 2.24) is 10.9 Å². The van der Waals surface area contributed by atoms with Gasteiger partial charge in [0.15, 0.2) is 11.7 Å². The molecule has 140 valence electrons. The monoisotopic (exact) mass is 384 g/mol. The molecule has 0 saturated heterocycles. The summed E-state index contributed by atoms with van der Waals surface area (Å²) in [5.74, 6) is -0.0988. The number of rotatable bonds is 4. The minimum atomic E-state index is -0.397. The van der Waals surface area contributed by atoms with Crippen LogP contribution in [-0.4, -0.2) is 30.1 Å². The molecule has 0 fully saturated rings. The van der Waals surface area contributed by atoms with E-state index in [1.165, 1.54) is 10.5 Å². The highest BCUT2D eigenvalue weighted by Gasteiger charge is 2.26. The van der Waals surface area contributed by atoms with Crippen LogP contribution in [0, 0.1) is 0 Å². The van der Waals surface area contributed by atoms with E-state index in [9.17, 15) is 9.59 Å². The predicted octanol–water partition coefficient (Wildman–Crippen LogP) is 1.99. The Morgan fingerprint density at radius 3 is 2.81 bits per heavy atom. The first-order valence-corrected chi connectivity index (χ1v) is 8.94. The van der Waals surface area contributed by atoms with Crippen LogP contribution in [0.5, 0.6) is 5.75 Å². The molecule has 1 heterocycles. The smallest absolute Gasteiger partial charge is 0.265 e. The zero-order valence-corrected chi connectivity index (χ0v) is 15.6. The molecule has 0 saturated carbocycles. The molecular formula is C19H20N4O3S. The van der Waals surface area contributed by atoms with Crippen molar-refractivity contribution < 1.29 is 14.3 Å². The number of anilines is 2. The van der Waals surface area contributed by atoms with Gasteiger partial charge in [-0.25, -0.2) is 0 Å². The van der Waals surface area contributed by atoms with Crippen molar-refractivity contribution in [3.05, 3.63) is 54.1 Å². The average molecular weight is 384 g/mol. The van der Waals surface area contributed by atoms with Crippen LogP contribution in [0.1, 0.15) is 12.5 Å². The first kappa shape index (κ1) is 18.7. The number of fused-ring (bicyclic) bond motifs is 1. The third-order valence-electron chi connectivity index (χ3n) is 4.02. The molecule has 0 aromatic heterocycles. The van der Waals surface area contributed by atoms with Gasteiger partial charge in [0.2, 0.25) is 0 Å². The minimum Gasteiger partial charge on any atom is -0.482 e. The van der Waals surface area contributed by atoms with Gasteiger partial charge in [0.25, 0.3) is 11.8 Å². The van der Waals surface area contributed by atoms with Gasteiger partial charge in [-0.3, -0.25) is 25.3 Å². The normalized spacial score (nSPS) is 12.6. The number of hydrazine groups is 1. The number of benzene rings is 2. The Morgan fingerprint density at radius 2 is 2.00 bits per heavy atom. The van der Waals surface area contributed by atoms with Gasteiger partial charge in [-0.2, -0.15) is 0 Å². The lowest BCUT2D eigenvalue weighted by Crippen LogP contribution is -2.50. The van der Waals surface area contributed by atoms with Gasteiger partial charge < -0.3 is 10.1 Å². The molecule has 1 aliphatic heterocycles. The first-order chi connectivity index (χ1) is 13.1. The second-order valence-corrected chi connectivity index (χ2v) is 6.33. The molecule has 0 unspecified atom stereocenters. The number of hydrogen-bond donors (Lipinski definition) is 3. The molecule has 0 spiro atoms. The van der Waals surface area contributed by atoms with Gasteiger partial charge in [-0.15, -0.1) is 0 Å². The molecule has 3 N–H and O–H groups in total. The number of hydrogen-bond acceptors (Lipinski definition) is 4. The van der Waals surface area contributed by atoms with E-state index in [0.717, 1.165) is 12.1 Å². The van der Waals surface area contributed by atoms with E-state index in [1.807, 2.05) is 30.3 Å². The summed E-state index contributed by atoms with van der Waals surface area (Å²) in [6.07, 6.45) is 0.918. The molecule has 3 rings (SSSR count). The fourth-order valence-electron chi connectivity index (χ4n) is 2.67. The second-order valence-electron chi connectivity index (χ2n) is 5.92. The van der Waals surface area contributed by atoms with Crippen LogP contribution >= 0.6 is 12.2 Å². The van der Waals surface area contributed by atoms with Crippen molar-refractivity contribution in [3.8, 4) is 5.75 Å². The summed E-state index contributed by atoms with van der Waals surface area (Å²) in [7, 11) is 0. The first-order valence-electron chi connectivity index (χ1n) is 8.54. The molecule has 8 heteroatoms. The molecule has 0 bridgehead atoms. The maximum absolute atomic E-state index is 12.2. The van der Waals surface area contributed by atoms with Crippen molar-refractivity contribution in [1.29, 1.82) is 0 Å². The second kappa shape index (κ2) is 8.50. The summed E-state index contributed by atoms with van der Waals surface area (Å²) in [6, 6.07) is 14.9. The summed E-state index contributed by atoms with van der Waals surface area (Å²) in [6.45, 7) is 1.84. The average Bonchev–Trinajstić information content (AvgIpc) is 2.69. The van der Waals surface area contributed by atoms with Gasteiger partial charge in [0.1, 0.15) is 12.3 Å². The maximum atomic E-state index is 12.2. The van der Waals surface area contributed by atoms with Gasteiger partial charge in [-0.05, 0) is 48.5 Å². The van der Waals surface area contributed by atoms with E-state index >= 15 is 0 Å². The maximum Gasteiger partial charge on any atom is 0.265 e. The van der Waals surface area contributed by atoms with Crippen LogP contribution in [0.25, 0.3) is 0 Å². The number of nitrogens with zero attached hydrogens (tertiary/aromatic N) is 1. The van der Waals surface area contributed by atoms with Crippen molar-refractivity contribution >= 4 is 40.5 Å². The molecular weight excluding hydrogens is 364 g/mol. The summed E-state index contributed by atoms with van der Waals surface area (Å²) in [5.41, 5.74) is 7.73. The standard InChI is InChI=1S/C19H20N4O3S/c1-2-13-6-5-7-14(10-13)20-19(27)22-21-17(24)11-23-15-8-3-4-9-16(15)26-12-18(23)25/h3-10H,2,11-12H2,1H3,(H,21,24)(H2,20,22,27). The number of ether oxygens (including phenoxy) is 1. The fourth-order valence-corrected chi connectivity index (χ4v) is 2.84. The zero-order valence-electron chi connectivity index (χ0n) is 14.8. The van der Waals surface area contributed by atoms with Crippen LogP contribution in [-0.2, 0) is 16.0 Å². The lowest BCUT2D eigenvalue weighted by molar-refractivity contribution is -0.125. The number of amides is 2. The number of para-hydroxylation sites is 2. The molecule has 1 aliphatic rings. The topological polar surface area (TPSA) is 82.7 Å². The highest BCUT2D eigenvalue weighted by Crippen LogP contribution is 2.31. The Hall–Kier alpha value is -3.13. The fraction of sp³-hybridized carbons (Fsp3) is 0.211. The van der Waals surface area contributed by atoms with Crippen LogP contribution in [0.15, 0.2) is 48.5 Å². The van der Waals surface area contributed by atoms with E-state index in [4.69, 9.17) is 17.0 Å². The highest BCUT2D eigenvalue weighted by atomic mass is 32.1. The van der Waals surface area contributed by atoms with Gasteiger partial charge >= 0.3 is 0 Å². The van der Waals surface area contributed by atoms with E-state index in [0.29, 0.717) is 11.4 Å². The van der Waals surface area contributed by atoms with Crippen molar-refractivity contribution in [2.24, 2.45) is 0 Å². The van der Waals surface area contributed by atoms with Crippen molar-refractivity contribution in [3.63, 3.8) is 0 Å². The van der Waals surface area contributed by atoms with E-state index < -0.39 is 5.91 Å². The third-order valence-corrected chi connectivity index (χ3v) is 4.22. The molecule has 7 nitrogen and oxygen atoms in total. The number of carbonyl (C=O) groups is 2. The van der Waals surface area contributed by atoms with E-state index in [2.05, 4.69) is 23.1 Å². The Balaban J connectivity index is 1.54. The summed E-state index contributed by atoms with van der Waals surface area (Å²) >= 11 is 5.19. The highest BCUT2D eigenvalue weighted by molar-refractivity contribution is 7.80. The molecule has 2 aromatic carbocycles. The Morgan fingerprint density at radius 1 is 1.19 bits per heavy atom. The third kappa shape index (κ3) is 4.73.